The number of nitro groups is 1. The van der Waals surface area contributed by atoms with Crippen molar-refractivity contribution in [3.05, 3.63) is 56.2 Å². The summed E-state index contributed by atoms with van der Waals surface area (Å²) in [4.78, 5) is 26.2. The summed E-state index contributed by atoms with van der Waals surface area (Å²) in [6, 6.07) is 5.74. The minimum Gasteiger partial charge on any atom is -0.383 e. The molecule has 0 aliphatic rings. The molecular weight excluding hydrogens is 340 g/mol. The van der Waals surface area contributed by atoms with Crippen molar-refractivity contribution in [2.45, 2.75) is 6.92 Å². The molecule has 0 unspecified atom stereocenters. The molecule has 0 atom stereocenters. The lowest BCUT2D eigenvalue weighted by Crippen LogP contribution is -2.15. The SMILES string of the molecule is Cc1cc([N+](=O)[O-])ccc1NC(=O)c1cc(Br)cnc1N. The first kappa shape index (κ1) is 14.9. The van der Waals surface area contributed by atoms with Gasteiger partial charge < -0.3 is 11.1 Å². The number of non-ortho nitro benzene ring substituents is 1. The number of carbonyl (C=O) groups excluding carboxylic acids is 1. The lowest BCUT2D eigenvalue weighted by molar-refractivity contribution is -0.384. The Morgan fingerprint density at radius 3 is 2.76 bits per heavy atom. The molecule has 108 valence electrons. The number of nitrogens with one attached hydrogen (secondary N) is 1. The second-order valence-corrected chi connectivity index (χ2v) is 5.21. The highest BCUT2D eigenvalue weighted by Crippen LogP contribution is 2.23. The first-order valence-corrected chi connectivity index (χ1v) is 6.65. The summed E-state index contributed by atoms with van der Waals surface area (Å²) >= 11 is 3.22. The van der Waals surface area contributed by atoms with Gasteiger partial charge >= 0.3 is 0 Å². The van der Waals surface area contributed by atoms with Crippen LogP contribution < -0.4 is 11.1 Å². The molecule has 2 rings (SSSR count). The van der Waals surface area contributed by atoms with E-state index in [1.165, 1.54) is 24.4 Å². The van der Waals surface area contributed by atoms with Gasteiger partial charge in [0.1, 0.15) is 5.82 Å². The average molecular weight is 351 g/mol. The summed E-state index contributed by atoms with van der Waals surface area (Å²) in [5.41, 5.74) is 6.91. The predicted molar refractivity (Wildman–Crippen MR) is 82.1 cm³/mol. The molecular formula is C13H11BrN4O3. The summed E-state index contributed by atoms with van der Waals surface area (Å²) in [5.74, 6) is -0.325. The molecule has 0 fully saturated rings. The zero-order valence-corrected chi connectivity index (χ0v) is 12.5. The van der Waals surface area contributed by atoms with Gasteiger partial charge in [-0.2, -0.15) is 0 Å². The van der Waals surface area contributed by atoms with E-state index in [0.717, 1.165) is 0 Å². The molecule has 0 radical (unpaired) electrons. The van der Waals surface area contributed by atoms with Gasteiger partial charge in [0.05, 0.1) is 10.5 Å². The maximum atomic E-state index is 12.2. The number of rotatable bonds is 3. The van der Waals surface area contributed by atoms with E-state index in [9.17, 15) is 14.9 Å². The van der Waals surface area contributed by atoms with Gasteiger partial charge in [-0.15, -0.1) is 0 Å². The molecule has 0 aliphatic heterocycles. The quantitative estimate of drug-likeness (QED) is 0.652. The number of nitrogen functional groups attached to an aromatic ring is 1. The number of halogens is 1. The number of pyridine rings is 1. The van der Waals surface area contributed by atoms with E-state index in [4.69, 9.17) is 5.73 Å². The van der Waals surface area contributed by atoms with Crippen molar-refractivity contribution in [2.24, 2.45) is 0 Å². The minimum absolute atomic E-state index is 0.0332. The smallest absolute Gasteiger partial charge is 0.269 e. The first-order chi connectivity index (χ1) is 9.88. The topological polar surface area (TPSA) is 111 Å². The largest absolute Gasteiger partial charge is 0.383 e. The number of carbonyl (C=O) groups is 1. The number of aromatic nitrogens is 1. The highest BCUT2D eigenvalue weighted by atomic mass is 79.9. The minimum atomic E-state index is -0.491. The maximum Gasteiger partial charge on any atom is 0.269 e. The average Bonchev–Trinajstić information content (AvgIpc) is 2.43. The molecule has 1 heterocycles. The summed E-state index contributed by atoms with van der Waals surface area (Å²) in [7, 11) is 0. The fraction of sp³-hybridized carbons (Fsp3) is 0.0769. The lowest BCUT2D eigenvalue weighted by atomic mass is 10.1. The van der Waals surface area contributed by atoms with Crippen LogP contribution in [0.4, 0.5) is 17.2 Å². The van der Waals surface area contributed by atoms with E-state index in [-0.39, 0.29) is 17.1 Å². The van der Waals surface area contributed by atoms with Crippen LogP contribution in [0.3, 0.4) is 0 Å². The lowest BCUT2D eigenvalue weighted by Gasteiger charge is -2.09. The van der Waals surface area contributed by atoms with Gasteiger partial charge in [0, 0.05) is 28.5 Å². The van der Waals surface area contributed by atoms with Crippen LogP contribution in [0.25, 0.3) is 0 Å². The Labute approximate surface area is 128 Å². The number of hydrogen-bond acceptors (Lipinski definition) is 5. The summed E-state index contributed by atoms with van der Waals surface area (Å²) < 4.78 is 0.627. The zero-order chi connectivity index (χ0) is 15.6. The Balaban J connectivity index is 2.27. The van der Waals surface area contributed by atoms with E-state index < -0.39 is 10.8 Å². The number of anilines is 2. The Kier molecular flexibility index (Phi) is 4.18. The monoisotopic (exact) mass is 350 g/mol. The van der Waals surface area contributed by atoms with Gasteiger partial charge in [-0.25, -0.2) is 4.98 Å². The van der Waals surface area contributed by atoms with Crippen LogP contribution >= 0.6 is 15.9 Å². The van der Waals surface area contributed by atoms with Crippen molar-refractivity contribution in [1.82, 2.24) is 4.98 Å². The third-order valence-electron chi connectivity index (χ3n) is 2.80. The van der Waals surface area contributed by atoms with Crippen molar-refractivity contribution in [3.63, 3.8) is 0 Å². The molecule has 21 heavy (non-hydrogen) atoms. The zero-order valence-electron chi connectivity index (χ0n) is 11.0. The van der Waals surface area contributed by atoms with Gasteiger partial charge in [-0.1, -0.05) is 0 Å². The third-order valence-corrected chi connectivity index (χ3v) is 3.23. The van der Waals surface area contributed by atoms with Crippen molar-refractivity contribution < 1.29 is 9.72 Å². The van der Waals surface area contributed by atoms with Crippen LogP contribution in [0.2, 0.25) is 0 Å². The van der Waals surface area contributed by atoms with E-state index in [2.05, 4.69) is 26.2 Å². The van der Waals surface area contributed by atoms with Gasteiger partial charge in [0.2, 0.25) is 0 Å². The number of nitrogens with two attached hydrogens (primary N) is 1. The molecule has 0 saturated carbocycles. The first-order valence-electron chi connectivity index (χ1n) is 5.86. The van der Waals surface area contributed by atoms with Crippen LogP contribution in [-0.4, -0.2) is 15.8 Å². The molecule has 0 aliphatic carbocycles. The number of amides is 1. The normalized spacial score (nSPS) is 10.2. The van der Waals surface area contributed by atoms with Crippen LogP contribution in [0.5, 0.6) is 0 Å². The predicted octanol–water partition coefficient (Wildman–Crippen LogP) is 2.90. The number of aryl methyl sites for hydroxylation is 1. The van der Waals surface area contributed by atoms with Crippen molar-refractivity contribution in [3.8, 4) is 0 Å². The van der Waals surface area contributed by atoms with Gasteiger partial charge in [-0.3, -0.25) is 14.9 Å². The molecule has 2 aromatic rings. The van der Waals surface area contributed by atoms with E-state index >= 15 is 0 Å². The summed E-state index contributed by atoms with van der Waals surface area (Å²) in [6.07, 6.45) is 1.49. The van der Waals surface area contributed by atoms with Gasteiger partial charge in [0.15, 0.2) is 0 Å². The fourth-order valence-corrected chi connectivity index (χ4v) is 2.05. The Bertz CT molecular complexity index is 733. The number of benzene rings is 1. The molecule has 1 aromatic carbocycles. The fourth-order valence-electron chi connectivity index (χ4n) is 1.72. The second-order valence-electron chi connectivity index (χ2n) is 4.30. The molecule has 3 N–H and O–H groups in total. The Morgan fingerprint density at radius 2 is 2.14 bits per heavy atom. The highest BCUT2D eigenvalue weighted by Gasteiger charge is 2.14. The van der Waals surface area contributed by atoms with Gasteiger partial charge in [0.25, 0.3) is 11.6 Å². The Morgan fingerprint density at radius 1 is 1.43 bits per heavy atom. The maximum absolute atomic E-state index is 12.2. The van der Waals surface area contributed by atoms with Crippen LogP contribution in [0.15, 0.2) is 34.9 Å². The molecule has 0 saturated heterocycles. The number of nitrogens with zero attached hydrogens (tertiary/aromatic N) is 2. The highest BCUT2D eigenvalue weighted by molar-refractivity contribution is 9.10. The number of nitro benzene ring substituents is 1. The van der Waals surface area contributed by atoms with Crippen LogP contribution in [0.1, 0.15) is 15.9 Å². The van der Waals surface area contributed by atoms with Crippen molar-refractivity contribution >= 4 is 39.0 Å². The van der Waals surface area contributed by atoms with Crippen molar-refractivity contribution in [2.75, 3.05) is 11.1 Å². The van der Waals surface area contributed by atoms with Crippen molar-refractivity contribution in [1.29, 1.82) is 0 Å². The van der Waals surface area contributed by atoms with Crippen LogP contribution in [-0.2, 0) is 0 Å². The molecule has 0 spiro atoms. The van der Waals surface area contributed by atoms with E-state index in [1.807, 2.05) is 0 Å². The standard InChI is InChI=1S/C13H11BrN4O3/c1-7-4-9(18(20)21)2-3-11(7)17-13(19)10-5-8(14)6-16-12(10)15/h2-6H,1H3,(H2,15,16)(H,17,19). The van der Waals surface area contributed by atoms with E-state index in [0.29, 0.717) is 15.7 Å². The molecule has 1 aromatic heterocycles. The number of hydrogen-bond donors (Lipinski definition) is 2. The second kappa shape index (κ2) is 5.88. The molecule has 0 bridgehead atoms. The van der Waals surface area contributed by atoms with Gasteiger partial charge in [-0.05, 0) is 40.5 Å². The van der Waals surface area contributed by atoms with E-state index in [1.54, 1.807) is 13.0 Å². The third kappa shape index (κ3) is 3.34. The summed E-state index contributed by atoms with van der Waals surface area (Å²) in [6.45, 7) is 1.67. The molecule has 8 heteroatoms. The summed E-state index contributed by atoms with van der Waals surface area (Å²) in [5, 5.41) is 13.3. The Hall–Kier alpha value is -2.48. The van der Waals surface area contributed by atoms with Crippen LogP contribution in [0, 0.1) is 17.0 Å². The molecule has 1 amide bonds. The molecule has 7 nitrogen and oxygen atoms in total.